The maximum absolute atomic E-state index is 13.7. The molecule has 0 aliphatic carbocycles. The monoisotopic (exact) mass is 258 g/mol. The number of nitrogens with one attached hydrogen (secondary N) is 1. The lowest BCUT2D eigenvalue weighted by atomic mass is 10.1. The third-order valence-electron chi connectivity index (χ3n) is 2.80. The minimum absolute atomic E-state index is 0.0116. The van der Waals surface area contributed by atoms with Crippen molar-refractivity contribution < 1.29 is 9.13 Å². The zero-order valence-electron chi connectivity index (χ0n) is 10.8. The largest absolute Gasteiger partial charge is 0.456 e. The summed E-state index contributed by atoms with van der Waals surface area (Å²) in [6, 6.07) is 10.1. The minimum atomic E-state index is -0.560. The summed E-state index contributed by atoms with van der Waals surface area (Å²) in [5, 5.41) is 7.43. The molecule has 0 spiro atoms. The topological polar surface area (TPSA) is 59.1 Å². The first-order chi connectivity index (χ1) is 8.99. The molecule has 0 fully saturated rings. The van der Waals surface area contributed by atoms with Crippen molar-refractivity contribution in [3.63, 3.8) is 0 Å². The van der Waals surface area contributed by atoms with Gasteiger partial charge >= 0.3 is 0 Å². The molecule has 0 saturated carbocycles. The molecule has 0 atom stereocenters. The van der Waals surface area contributed by atoms with Gasteiger partial charge in [0, 0.05) is 0 Å². The molecule has 3 N–H and O–H groups in total. The van der Waals surface area contributed by atoms with E-state index in [2.05, 4.69) is 0 Å². The predicted octanol–water partition coefficient (Wildman–Crippen LogP) is 3.52. The van der Waals surface area contributed by atoms with Gasteiger partial charge in [-0.15, -0.1) is 0 Å². The Balaban J connectivity index is 2.44. The van der Waals surface area contributed by atoms with E-state index >= 15 is 0 Å². The highest BCUT2D eigenvalue weighted by Gasteiger charge is 2.13. The van der Waals surface area contributed by atoms with Gasteiger partial charge in [0.15, 0.2) is 0 Å². The summed E-state index contributed by atoms with van der Waals surface area (Å²) in [5.41, 5.74) is 7.45. The number of nitrogens with two attached hydrogens (primary N) is 1. The summed E-state index contributed by atoms with van der Waals surface area (Å²) < 4.78 is 19.3. The van der Waals surface area contributed by atoms with Gasteiger partial charge in [-0.2, -0.15) is 0 Å². The number of nitrogen functional groups attached to an aromatic ring is 1. The van der Waals surface area contributed by atoms with E-state index in [0.29, 0.717) is 5.75 Å². The molecule has 0 aromatic heterocycles. The van der Waals surface area contributed by atoms with Crippen molar-refractivity contribution in [2.45, 2.75) is 13.8 Å². The van der Waals surface area contributed by atoms with Crippen LogP contribution in [0, 0.1) is 25.1 Å². The van der Waals surface area contributed by atoms with Crippen LogP contribution in [0.5, 0.6) is 11.5 Å². The zero-order valence-corrected chi connectivity index (χ0v) is 10.8. The average molecular weight is 258 g/mol. The van der Waals surface area contributed by atoms with Crippen molar-refractivity contribution in [2.75, 3.05) is 0 Å². The number of rotatable bonds is 3. The molecule has 4 heteroatoms. The fourth-order valence-electron chi connectivity index (χ4n) is 1.88. The van der Waals surface area contributed by atoms with Crippen LogP contribution in [0.3, 0.4) is 0 Å². The summed E-state index contributed by atoms with van der Waals surface area (Å²) in [5.74, 6) is -0.0363. The Morgan fingerprint density at radius 3 is 2.53 bits per heavy atom. The van der Waals surface area contributed by atoms with Crippen molar-refractivity contribution >= 4 is 5.84 Å². The standard InChI is InChI=1S/C15H15FN2O/c1-9-6-7-12(10(2)8-9)19-13-5-3-4-11(16)14(13)15(17)18/h3-8H,1-2H3,(H3,17,18). The van der Waals surface area contributed by atoms with Gasteiger partial charge in [-0.05, 0) is 37.6 Å². The molecule has 2 aromatic rings. The normalized spacial score (nSPS) is 10.3. The molecule has 0 saturated heterocycles. The summed E-state index contributed by atoms with van der Waals surface area (Å²) in [7, 11) is 0. The Labute approximate surface area is 111 Å². The van der Waals surface area contributed by atoms with Crippen molar-refractivity contribution in [1.29, 1.82) is 5.41 Å². The average Bonchev–Trinajstić information content (AvgIpc) is 2.32. The summed E-state index contributed by atoms with van der Waals surface area (Å²) in [6.07, 6.45) is 0. The molecule has 0 amide bonds. The molecule has 98 valence electrons. The van der Waals surface area contributed by atoms with Gasteiger partial charge in [-0.3, -0.25) is 5.41 Å². The van der Waals surface area contributed by atoms with Crippen molar-refractivity contribution in [2.24, 2.45) is 5.73 Å². The third kappa shape index (κ3) is 2.73. The Morgan fingerprint density at radius 1 is 1.16 bits per heavy atom. The van der Waals surface area contributed by atoms with Crippen LogP contribution in [0.15, 0.2) is 36.4 Å². The highest BCUT2D eigenvalue weighted by molar-refractivity contribution is 5.98. The van der Waals surface area contributed by atoms with Gasteiger partial charge in [0.1, 0.15) is 23.2 Å². The summed E-state index contributed by atoms with van der Waals surface area (Å²) in [4.78, 5) is 0. The highest BCUT2D eigenvalue weighted by Crippen LogP contribution is 2.29. The van der Waals surface area contributed by atoms with Crippen LogP contribution in [0.25, 0.3) is 0 Å². The number of halogens is 1. The molecular weight excluding hydrogens is 243 g/mol. The Hall–Kier alpha value is -2.36. The second-order valence-electron chi connectivity index (χ2n) is 4.40. The molecule has 0 unspecified atom stereocenters. The van der Waals surface area contributed by atoms with Crippen LogP contribution in [0.1, 0.15) is 16.7 Å². The smallest absolute Gasteiger partial charge is 0.141 e. The lowest BCUT2D eigenvalue weighted by Crippen LogP contribution is -2.14. The Morgan fingerprint density at radius 2 is 1.89 bits per heavy atom. The van der Waals surface area contributed by atoms with E-state index in [0.717, 1.165) is 11.1 Å². The van der Waals surface area contributed by atoms with Crippen molar-refractivity contribution in [3.8, 4) is 11.5 Å². The van der Waals surface area contributed by atoms with Crippen molar-refractivity contribution in [3.05, 3.63) is 58.9 Å². The molecule has 3 nitrogen and oxygen atoms in total. The lowest BCUT2D eigenvalue weighted by Gasteiger charge is -2.13. The molecule has 2 rings (SSSR count). The maximum Gasteiger partial charge on any atom is 0.141 e. The van der Waals surface area contributed by atoms with E-state index in [9.17, 15) is 4.39 Å². The maximum atomic E-state index is 13.7. The van der Waals surface area contributed by atoms with Crippen LogP contribution in [0.4, 0.5) is 4.39 Å². The molecule has 19 heavy (non-hydrogen) atoms. The highest BCUT2D eigenvalue weighted by atomic mass is 19.1. The van der Waals surface area contributed by atoms with E-state index in [1.807, 2.05) is 32.0 Å². The van der Waals surface area contributed by atoms with Crippen molar-refractivity contribution in [1.82, 2.24) is 0 Å². The number of benzene rings is 2. The van der Waals surface area contributed by atoms with Gasteiger partial charge in [-0.25, -0.2) is 4.39 Å². The van der Waals surface area contributed by atoms with E-state index in [4.69, 9.17) is 15.9 Å². The Kier molecular flexibility index (Phi) is 3.51. The van der Waals surface area contributed by atoms with Gasteiger partial charge in [-0.1, -0.05) is 23.8 Å². The van der Waals surface area contributed by atoms with Crippen LogP contribution >= 0.6 is 0 Å². The fourth-order valence-corrected chi connectivity index (χ4v) is 1.88. The number of amidine groups is 1. The van der Waals surface area contributed by atoms with E-state index in [1.54, 1.807) is 6.07 Å². The molecular formula is C15H15FN2O. The first-order valence-electron chi connectivity index (χ1n) is 5.87. The van der Waals surface area contributed by atoms with Gasteiger partial charge in [0.2, 0.25) is 0 Å². The van der Waals surface area contributed by atoms with Gasteiger partial charge in [0.05, 0.1) is 5.56 Å². The first kappa shape index (κ1) is 13.1. The fraction of sp³-hybridized carbons (Fsp3) is 0.133. The predicted molar refractivity (Wildman–Crippen MR) is 73.4 cm³/mol. The molecule has 2 aromatic carbocycles. The number of ether oxygens (including phenoxy) is 1. The quantitative estimate of drug-likeness (QED) is 0.653. The number of hydrogen-bond acceptors (Lipinski definition) is 2. The molecule has 0 radical (unpaired) electrons. The van der Waals surface area contributed by atoms with Crippen LogP contribution in [-0.2, 0) is 0 Å². The van der Waals surface area contributed by atoms with E-state index in [-0.39, 0.29) is 17.1 Å². The molecule has 0 heterocycles. The second-order valence-corrected chi connectivity index (χ2v) is 4.40. The van der Waals surface area contributed by atoms with Crippen LogP contribution in [0.2, 0.25) is 0 Å². The van der Waals surface area contributed by atoms with Crippen LogP contribution < -0.4 is 10.5 Å². The van der Waals surface area contributed by atoms with Crippen LogP contribution in [-0.4, -0.2) is 5.84 Å². The van der Waals surface area contributed by atoms with Gasteiger partial charge < -0.3 is 10.5 Å². The number of hydrogen-bond donors (Lipinski definition) is 2. The minimum Gasteiger partial charge on any atom is -0.456 e. The summed E-state index contributed by atoms with van der Waals surface area (Å²) in [6.45, 7) is 3.90. The molecule has 0 bridgehead atoms. The SMILES string of the molecule is Cc1ccc(Oc2cccc(F)c2C(=N)N)c(C)c1. The van der Waals surface area contributed by atoms with E-state index in [1.165, 1.54) is 12.1 Å². The second kappa shape index (κ2) is 5.10. The third-order valence-corrected chi connectivity index (χ3v) is 2.80. The first-order valence-corrected chi connectivity index (χ1v) is 5.87. The lowest BCUT2D eigenvalue weighted by molar-refractivity contribution is 0.471. The molecule has 0 aliphatic rings. The summed E-state index contributed by atoms with van der Waals surface area (Å²) >= 11 is 0. The Bertz CT molecular complexity index is 638. The number of aryl methyl sites for hydroxylation is 2. The molecule has 0 aliphatic heterocycles. The van der Waals surface area contributed by atoms with E-state index < -0.39 is 5.82 Å². The van der Waals surface area contributed by atoms with Gasteiger partial charge in [0.25, 0.3) is 0 Å². The zero-order chi connectivity index (χ0) is 14.0.